The van der Waals surface area contributed by atoms with E-state index in [1.54, 1.807) is 18.7 Å². The first-order valence-corrected chi connectivity index (χ1v) is 18.2. The number of fused-ring (bicyclic) bond motifs is 1. The molecule has 2 heterocycles. The van der Waals surface area contributed by atoms with Crippen LogP contribution in [0.2, 0.25) is 0 Å². The van der Waals surface area contributed by atoms with Gasteiger partial charge in [-0.3, -0.25) is 24.5 Å². The van der Waals surface area contributed by atoms with E-state index in [0.717, 1.165) is 49.1 Å². The summed E-state index contributed by atoms with van der Waals surface area (Å²) >= 11 is 0. The molecule has 1 aliphatic carbocycles. The second kappa shape index (κ2) is 18.6. The number of benzene rings is 2. The minimum atomic E-state index is -1.00. The van der Waals surface area contributed by atoms with E-state index in [0.29, 0.717) is 38.7 Å². The molecule has 7 atom stereocenters. The van der Waals surface area contributed by atoms with Gasteiger partial charge in [0.1, 0.15) is 18.1 Å². The van der Waals surface area contributed by atoms with Gasteiger partial charge in [-0.1, -0.05) is 73.7 Å². The molecular weight excluding hydrogens is 650 g/mol. The first-order chi connectivity index (χ1) is 24.4. The molecule has 3 fully saturated rings. The van der Waals surface area contributed by atoms with Gasteiger partial charge in [-0.25, -0.2) is 4.79 Å². The van der Waals surface area contributed by atoms with Crippen molar-refractivity contribution in [2.45, 2.75) is 109 Å². The number of nitrogens with one attached hydrogen (secondary N) is 1. The Bertz CT molecular complexity index is 1520. The topological polar surface area (TPSA) is 154 Å². The van der Waals surface area contributed by atoms with Crippen LogP contribution in [-0.2, 0) is 41.6 Å². The minimum Gasteiger partial charge on any atom is -0.481 e. The van der Waals surface area contributed by atoms with Crippen LogP contribution in [0, 0.1) is 11.8 Å². The maximum absolute atomic E-state index is 13.2. The summed E-state index contributed by atoms with van der Waals surface area (Å²) in [6, 6.07) is 17.1. The number of rotatable bonds is 15. The van der Waals surface area contributed by atoms with Crippen molar-refractivity contribution in [3.63, 3.8) is 0 Å². The van der Waals surface area contributed by atoms with Gasteiger partial charge in [0.05, 0.1) is 24.6 Å². The molecule has 1 saturated carbocycles. The number of aryl methyl sites for hydroxylation is 2. The molecule has 2 unspecified atom stereocenters. The Morgan fingerprint density at radius 2 is 1.49 bits per heavy atom. The molecule has 2 aliphatic heterocycles. The number of carbonyl (C=O) groups excluding carboxylic acids is 3. The lowest BCUT2D eigenvalue weighted by molar-refractivity contribution is -0.160. The summed E-state index contributed by atoms with van der Waals surface area (Å²) in [5.74, 6) is -3.60. The highest BCUT2D eigenvalue weighted by atomic mass is 16.5. The molecule has 0 bridgehead atoms. The first kappa shape index (κ1) is 39.3. The lowest BCUT2D eigenvalue weighted by Gasteiger charge is -2.46. The molecular formula is C40H53N3O8. The van der Waals surface area contributed by atoms with Gasteiger partial charge in [0.25, 0.3) is 0 Å². The van der Waals surface area contributed by atoms with Crippen LogP contribution in [-0.4, -0.2) is 93.0 Å². The van der Waals surface area contributed by atoms with Gasteiger partial charge < -0.3 is 24.7 Å². The Hall–Kier alpha value is -4.51. The number of carboxylic acids is 2. The SMILES string of the molecule is C=C1[C@H](C)N([C@@H](CCc2ccccc2)C(=O)OCC)C(=O)C2CCCN12.C[C@H](N[C@@H](CCc1ccccc1)C(=O)O)C(=O)C1CCC[C@H]1C(=O)O. The molecule has 2 aromatic rings. The van der Waals surface area contributed by atoms with Gasteiger partial charge in [0.15, 0.2) is 5.78 Å². The fourth-order valence-electron chi connectivity index (χ4n) is 7.65. The van der Waals surface area contributed by atoms with Crippen LogP contribution >= 0.6 is 0 Å². The van der Waals surface area contributed by atoms with Crippen molar-refractivity contribution in [2.24, 2.45) is 11.8 Å². The van der Waals surface area contributed by atoms with Crippen molar-refractivity contribution in [1.29, 1.82) is 0 Å². The van der Waals surface area contributed by atoms with E-state index in [1.807, 2.05) is 67.6 Å². The molecule has 3 aliphatic rings. The molecule has 2 aromatic carbocycles. The van der Waals surface area contributed by atoms with E-state index >= 15 is 0 Å². The van der Waals surface area contributed by atoms with Gasteiger partial charge in [-0.2, -0.15) is 0 Å². The zero-order valence-corrected chi connectivity index (χ0v) is 30.0. The predicted octanol–water partition coefficient (Wildman–Crippen LogP) is 4.88. The number of nitrogens with zero attached hydrogens (tertiary/aromatic N) is 2. The summed E-state index contributed by atoms with van der Waals surface area (Å²) in [7, 11) is 0. The number of carbonyl (C=O) groups is 5. The highest BCUT2D eigenvalue weighted by Gasteiger charge is 2.47. The standard InChI is InChI=1S/C21H28N2O3.C19H25NO5/c1-4-26-21(25)19(13-12-17-9-6-5-7-10-17)23-16(3)15(2)22-14-8-11-18(22)20(23)24;1-12(17(21)14-8-5-9-15(14)18(22)23)20-16(19(24)25)11-10-13-6-3-2-4-7-13/h5-7,9-10,16,18-19H,2,4,8,11-14H2,1,3H3;2-4,6-7,12,14-16,20H,5,8-11H2,1H3,(H,22,23)(H,24,25)/t16-,18?,19-;12-,14?,15+,16-/m00/s1. The molecule has 11 heteroatoms. The zero-order valence-electron chi connectivity index (χ0n) is 30.0. The number of ketones is 1. The number of amides is 1. The molecule has 0 radical (unpaired) electrons. The smallest absolute Gasteiger partial charge is 0.328 e. The van der Waals surface area contributed by atoms with Gasteiger partial charge in [0, 0.05) is 18.2 Å². The third-order valence-electron chi connectivity index (χ3n) is 10.4. The Morgan fingerprint density at radius 3 is 2.06 bits per heavy atom. The molecule has 2 saturated heterocycles. The number of hydrogen-bond acceptors (Lipinski definition) is 8. The van der Waals surface area contributed by atoms with E-state index in [1.165, 1.54) is 0 Å². The van der Waals surface area contributed by atoms with E-state index in [4.69, 9.17) is 4.74 Å². The largest absolute Gasteiger partial charge is 0.481 e. The Balaban J connectivity index is 0.000000229. The summed E-state index contributed by atoms with van der Waals surface area (Å²) in [5, 5.41) is 21.5. The lowest BCUT2D eigenvalue weighted by Crippen LogP contribution is -2.62. The van der Waals surface area contributed by atoms with Crippen LogP contribution in [0.15, 0.2) is 72.9 Å². The Morgan fingerprint density at radius 1 is 0.902 bits per heavy atom. The number of hydrogen-bond donors (Lipinski definition) is 3. The van der Waals surface area contributed by atoms with Crippen molar-refractivity contribution in [2.75, 3.05) is 13.2 Å². The summed E-state index contributed by atoms with van der Waals surface area (Å²) in [6.45, 7) is 10.8. The minimum absolute atomic E-state index is 0.0357. The number of ether oxygens (including phenoxy) is 1. The van der Waals surface area contributed by atoms with Crippen LogP contribution in [0.5, 0.6) is 0 Å². The van der Waals surface area contributed by atoms with Crippen molar-refractivity contribution in [1.82, 2.24) is 15.1 Å². The summed E-state index contributed by atoms with van der Waals surface area (Å²) in [5.41, 5.74) is 3.12. The summed E-state index contributed by atoms with van der Waals surface area (Å²) in [4.78, 5) is 65.0. The summed E-state index contributed by atoms with van der Waals surface area (Å²) < 4.78 is 5.31. The Kier molecular flexibility index (Phi) is 14.4. The van der Waals surface area contributed by atoms with Gasteiger partial charge in [-0.05, 0) is 83.3 Å². The van der Waals surface area contributed by atoms with Crippen LogP contribution in [0.25, 0.3) is 0 Å². The van der Waals surface area contributed by atoms with Crippen LogP contribution in [0.3, 0.4) is 0 Å². The molecule has 0 aromatic heterocycles. The van der Waals surface area contributed by atoms with E-state index < -0.39 is 41.9 Å². The quantitative estimate of drug-likeness (QED) is 0.219. The fourth-order valence-corrected chi connectivity index (χ4v) is 7.65. The Labute approximate surface area is 301 Å². The third kappa shape index (κ3) is 10.1. The molecule has 51 heavy (non-hydrogen) atoms. The molecule has 3 N–H and O–H groups in total. The average molecular weight is 704 g/mol. The fraction of sp³-hybridized carbons (Fsp3) is 0.525. The number of aliphatic carboxylic acids is 2. The third-order valence-corrected chi connectivity index (χ3v) is 10.4. The highest BCUT2D eigenvalue weighted by molar-refractivity contribution is 5.91. The average Bonchev–Trinajstić information content (AvgIpc) is 3.83. The second-order valence-electron chi connectivity index (χ2n) is 13.7. The maximum atomic E-state index is 13.2. The van der Waals surface area contributed by atoms with Crippen LogP contribution in [0.4, 0.5) is 0 Å². The van der Waals surface area contributed by atoms with Gasteiger partial charge in [0.2, 0.25) is 5.91 Å². The van der Waals surface area contributed by atoms with E-state index in [9.17, 15) is 34.2 Å². The normalized spacial score (nSPS) is 23.0. The van der Waals surface area contributed by atoms with E-state index in [-0.39, 0.29) is 29.7 Å². The molecule has 1 amide bonds. The summed E-state index contributed by atoms with van der Waals surface area (Å²) in [6.07, 6.45) is 5.84. The second-order valence-corrected chi connectivity index (χ2v) is 13.7. The number of esters is 1. The number of carboxylic acid groups (broad SMARTS) is 2. The van der Waals surface area contributed by atoms with Crippen LogP contribution < -0.4 is 5.32 Å². The van der Waals surface area contributed by atoms with Crippen molar-refractivity contribution in [3.05, 3.63) is 84.1 Å². The zero-order chi connectivity index (χ0) is 37.1. The lowest BCUT2D eigenvalue weighted by atomic mass is 9.88. The van der Waals surface area contributed by atoms with Crippen molar-refractivity contribution in [3.8, 4) is 0 Å². The molecule has 5 rings (SSSR count). The number of piperazine rings is 1. The van der Waals surface area contributed by atoms with Gasteiger partial charge >= 0.3 is 17.9 Å². The van der Waals surface area contributed by atoms with Gasteiger partial charge in [-0.15, -0.1) is 0 Å². The monoisotopic (exact) mass is 703 g/mol. The molecule has 276 valence electrons. The van der Waals surface area contributed by atoms with Crippen molar-refractivity contribution < 1.29 is 38.9 Å². The first-order valence-electron chi connectivity index (χ1n) is 18.2. The highest BCUT2D eigenvalue weighted by Crippen LogP contribution is 2.35. The van der Waals surface area contributed by atoms with Crippen molar-refractivity contribution >= 4 is 29.6 Å². The predicted molar refractivity (Wildman–Crippen MR) is 193 cm³/mol. The molecule has 0 spiro atoms. The van der Waals surface area contributed by atoms with E-state index in [2.05, 4.69) is 16.8 Å². The number of Topliss-reactive ketones (excluding diaryl/α,β-unsaturated/α-hetero) is 1. The maximum Gasteiger partial charge on any atom is 0.328 e. The molecule has 11 nitrogen and oxygen atoms in total. The van der Waals surface area contributed by atoms with Crippen LogP contribution in [0.1, 0.15) is 76.8 Å².